The molecule has 27 heteroatoms. The minimum Gasteiger partial charge on any atom is -0.194 e. The SMILES string of the molecule is Cc1ccc([S+](=O)(c2ccc(C)cc2)c2ccc(C)cc2)cc1.FC(F)(F)c1cc([B-](c2cc(C(F)(F)F)cc(C(F)(F)F)c2)(c2cc(C(F)(F)F)cc(C(F)(F)F)c2)c2cc(C(F)(F)F)cc(C(F)(F)F)c2)cc(C(F)(F)F)c1. The molecular formula is C53H33BF24OS. The van der Waals surface area contributed by atoms with Crippen LogP contribution >= 0.6 is 0 Å². The highest BCUT2D eigenvalue weighted by Gasteiger charge is 2.47. The van der Waals surface area contributed by atoms with Gasteiger partial charge in [-0.25, -0.2) is 0 Å². The van der Waals surface area contributed by atoms with E-state index < -0.39 is 205 Å². The van der Waals surface area contributed by atoms with Crippen molar-refractivity contribution in [1.82, 2.24) is 0 Å². The van der Waals surface area contributed by atoms with Gasteiger partial charge in [0, 0.05) is 0 Å². The summed E-state index contributed by atoms with van der Waals surface area (Å²) in [6, 6.07) is 15.2. The number of hydrogen-bond acceptors (Lipinski definition) is 1. The number of halogens is 24. The molecule has 0 N–H and O–H groups in total. The van der Waals surface area contributed by atoms with E-state index in [4.69, 9.17) is 0 Å². The third-order valence-corrected chi connectivity index (χ3v) is 15.3. The average Bonchev–Trinajstić information content (AvgIpc) is 3.32. The molecule has 1 nitrogen and oxygen atoms in total. The fourth-order valence-electron chi connectivity index (χ4n) is 8.67. The van der Waals surface area contributed by atoms with Crippen LogP contribution in [-0.4, -0.2) is 6.15 Å². The van der Waals surface area contributed by atoms with Gasteiger partial charge in [0.05, 0.1) is 44.5 Å². The molecule has 428 valence electrons. The Bertz CT molecular complexity index is 2860. The van der Waals surface area contributed by atoms with E-state index in [0.717, 1.165) is 14.7 Å². The molecule has 0 saturated heterocycles. The first kappa shape index (κ1) is 62.3. The van der Waals surface area contributed by atoms with Gasteiger partial charge in [-0.1, -0.05) is 106 Å². The number of hydrogen-bond donors (Lipinski definition) is 0. The Morgan fingerprint density at radius 1 is 0.250 bits per heavy atom. The minimum absolute atomic E-state index is 0.691. The van der Waals surface area contributed by atoms with E-state index in [1.54, 1.807) is 0 Å². The second kappa shape index (κ2) is 21.2. The molecule has 0 aromatic heterocycles. The molecule has 0 aliphatic rings. The van der Waals surface area contributed by atoms with Gasteiger partial charge < -0.3 is 0 Å². The molecule has 0 bridgehead atoms. The lowest BCUT2D eigenvalue weighted by Gasteiger charge is -2.46. The highest BCUT2D eigenvalue weighted by Crippen LogP contribution is 2.42. The molecule has 7 aromatic rings. The third kappa shape index (κ3) is 13.5. The van der Waals surface area contributed by atoms with E-state index in [1.165, 1.54) is 16.7 Å². The summed E-state index contributed by atoms with van der Waals surface area (Å²) >= 11 is 0. The van der Waals surface area contributed by atoms with Crippen LogP contribution in [0.2, 0.25) is 0 Å². The zero-order valence-corrected chi connectivity index (χ0v) is 41.1. The molecular weight excluding hydrogens is 1150 g/mol. The molecule has 0 atom stereocenters. The van der Waals surface area contributed by atoms with E-state index in [0.29, 0.717) is 0 Å². The highest BCUT2D eigenvalue weighted by molar-refractivity contribution is 8.03. The maximum absolute atomic E-state index is 14.2. The third-order valence-electron chi connectivity index (χ3n) is 12.5. The summed E-state index contributed by atoms with van der Waals surface area (Å²) in [7, 11) is -2.48. The fraction of sp³-hybridized carbons (Fsp3) is 0.208. The van der Waals surface area contributed by atoms with E-state index in [-0.39, 0.29) is 0 Å². The smallest absolute Gasteiger partial charge is 0.194 e. The molecule has 0 radical (unpaired) electrons. The van der Waals surface area contributed by atoms with Crippen molar-refractivity contribution in [3.8, 4) is 0 Å². The van der Waals surface area contributed by atoms with Gasteiger partial charge in [0.25, 0.3) is 0 Å². The number of rotatable bonds is 7. The number of benzene rings is 7. The molecule has 0 fully saturated rings. The van der Waals surface area contributed by atoms with Crippen LogP contribution in [0.25, 0.3) is 0 Å². The van der Waals surface area contributed by atoms with Crippen molar-refractivity contribution in [3.63, 3.8) is 0 Å². The van der Waals surface area contributed by atoms with Crippen LogP contribution in [0.1, 0.15) is 61.2 Å². The zero-order chi connectivity index (χ0) is 60.4. The van der Waals surface area contributed by atoms with Crippen LogP contribution in [0.5, 0.6) is 0 Å². The van der Waals surface area contributed by atoms with Crippen LogP contribution in [0.4, 0.5) is 105 Å². The molecule has 7 aromatic carbocycles. The van der Waals surface area contributed by atoms with E-state index in [1.807, 2.05) is 93.6 Å². The quantitative estimate of drug-likeness (QED) is 0.0883. The largest absolute Gasteiger partial charge is 0.416 e. The molecule has 7 rings (SSSR count). The number of aryl methyl sites for hydroxylation is 3. The lowest BCUT2D eigenvalue weighted by molar-refractivity contribution is -0.144. The Morgan fingerprint density at radius 3 is 0.512 bits per heavy atom. The van der Waals surface area contributed by atoms with Crippen LogP contribution in [0.15, 0.2) is 160 Å². The summed E-state index contributed by atoms with van der Waals surface area (Å²) in [5.41, 5.74) is -26.7. The Labute approximate surface area is 438 Å². The predicted molar refractivity (Wildman–Crippen MR) is 246 cm³/mol. The second-order valence-corrected chi connectivity index (χ2v) is 20.7. The predicted octanol–water partition coefficient (Wildman–Crippen LogP) is 16.8. The molecule has 0 aliphatic carbocycles. The van der Waals surface area contributed by atoms with Crippen molar-refractivity contribution in [2.24, 2.45) is 0 Å². The van der Waals surface area contributed by atoms with Gasteiger partial charge in [-0.2, -0.15) is 127 Å². The van der Waals surface area contributed by atoms with Crippen molar-refractivity contribution in [2.75, 3.05) is 0 Å². The summed E-state index contributed by atoms with van der Waals surface area (Å²) in [5.74, 6) is 0. The van der Waals surface area contributed by atoms with E-state index >= 15 is 0 Å². The molecule has 0 aliphatic heterocycles. The Hall–Kier alpha value is -6.93. The van der Waals surface area contributed by atoms with Gasteiger partial charge in [-0.05, 0) is 81.4 Å². The van der Waals surface area contributed by atoms with Crippen molar-refractivity contribution in [1.29, 1.82) is 0 Å². The van der Waals surface area contributed by atoms with Crippen molar-refractivity contribution in [2.45, 2.75) is 84.9 Å². The second-order valence-electron chi connectivity index (χ2n) is 18.2. The Kier molecular flexibility index (Phi) is 16.5. The Morgan fingerprint density at radius 2 is 0.388 bits per heavy atom. The van der Waals surface area contributed by atoms with Crippen LogP contribution in [-0.2, 0) is 63.6 Å². The summed E-state index contributed by atoms with van der Waals surface area (Å²) in [6.45, 7) is 6.13. The van der Waals surface area contributed by atoms with Crippen molar-refractivity contribution in [3.05, 3.63) is 207 Å². The monoisotopic (exact) mass is 1180 g/mol. The first-order valence-electron chi connectivity index (χ1n) is 22.4. The Balaban J connectivity index is 0.000000370. The van der Waals surface area contributed by atoms with Gasteiger partial charge in [-0.3, -0.25) is 0 Å². The summed E-state index contributed by atoms with van der Waals surface area (Å²) < 4.78 is 355. The lowest BCUT2D eigenvalue weighted by Crippen LogP contribution is -2.75. The lowest BCUT2D eigenvalue weighted by atomic mass is 9.12. The standard InChI is InChI=1S/C32H12BF24.C21H21OS/c34-25(35,36)13-1-14(26(37,38)39)6-21(5-13)33(22-7-15(27(40,41)42)2-16(8-22)28(43,44)45,23-9-17(29(46,47)48)3-18(10-23)30(49,50)51)24-11-19(31(52,53)54)4-20(12-24)32(55,56)57;1-16-4-10-19(11-5-16)23(22,20-12-6-17(2)7-13-20)21-14-8-18(3)9-15-21/h1-12H;4-15H,1-3H3/q-1;+1. The molecule has 0 heterocycles. The maximum atomic E-state index is 14.2. The fourth-order valence-corrected chi connectivity index (χ4v) is 11.0. The van der Waals surface area contributed by atoms with Crippen molar-refractivity contribution >= 4 is 37.9 Å². The molecule has 0 saturated carbocycles. The van der Waals surface area contributed by atoms with Crippen LogP contribution in [0.3, 0.4) is 0 Å². The molecule has 0 spiro atoms. The first-order chi connectivity index (χ1) is 36.3. The van der Waals surface area contributed by atoms with Crippen molar-refractivity contribution < 1.29 is 110 Å². The summed E-state index contributed by atoms with van der Waals surface area (Å²) in [4.78, 5) is 2.57. The van der Waals surface area contributed by atoms with Gasteiger partial charge in [0.1, 0.15) is 6.15 Å². The highest BCUT2D eigenvalue weighted by atomic mass is 32.2. The maximum Gasteiger partial charge on any atom is 0.416 e. The first-order valence-corrected chi connectivity index (χ1v) is 23.9. The molecule has 0 unspecified atom stereocenters. The normalized spacial score (nSPS) is 13.5. The minimum atomic E-state index is -6.13. The van der Waals surface area contributed by atoms with E-state index in [2.05, 4.69) is 0 Å². The molecule has 80 heavy (non-hydrogen) atoms. The number of alkyl halides is 24. The average molecular weight is 1180 g/mol. The van der Waals surface area contributed by atoms with Gasteiger partial charge in [-0.15, -0.1) is 0 Å². The van der Waals surface area contributed by atoms with Gasteiger partial charge in [0.15, 0.2) is 24.6 Å². The van der Waals surface area contributed by atoms with Gasteiger partial charge >= 0.3 is 49.4 Å². The zero-order valence-electron chi connectivity index (χ0n) is 40.3. The summed E-state index contributed by atoms with van der Waals surface area (Å²) in [5, 5.41) is 0. The van der Waals surface area contributed by atoms with Crippen LogP contribution < -0.4 is 21.9 Å². The van der Waals surface area contributed by atoms with Crippen LogP contribution in [0, 0.1) is 20.8 Å². The molecule has 0 amide bonds. The van der Waals surface area contributed by atoms with Gasteiger partial charge in [0.2, 0.25) is 0 Å². The summed E-state index contributed by atoms with van der Waals surface area (Å²) in [6.07, 6.45) is -54.8. The van der Waals surface area contributed by atoms with E-state index in [9.17, 15) is 110 Å². The topological polar surface area (TPSA) is 17.1 Å².